The molecule has 0 radical (unpaired) electrons. The Kier molecular flexibility index (Phi) is 7.48. The first kappa shape index (κ1) is 20.8. The van der Waals surface area contributed by atoms with Gasteiger partial charge in [0.2, 0.25) is 0 Å². The number of nitrogens with zero attached hydrogens (tertiary/aromatic N) is 4. The lowest BCUT2D eigenvalue weighted by molar-refractivity contribution is 0.397. The van der Waals surface area contributed by atoms with Crippen molar-refractivity contribution in [3.05, 3.63) is 46.0 Å². The minimum Gasteiger partial charge on any atom is -0.357 e. The molecule has 1 aromatic heterocycles. The van der Waals surface area contributed by atoms with Gasteiger partial charge in [-0.15, -0.1) is 0 Å². The molecule has 2 unspecified atom stereocenters. The van der Waals surface area contributed by atoms with Crippen LogP contribution in [-0.2, 0) is 13.0 Å². The van der Waals surface area contributed by atoms with Crippen molar-refractivity contribution in [3.63, 3.8) is 0 Å². The van der Waals surface area contributed by atoms with E-state index < -0.39 is 0 Å². The largest absolute Gasteiger partial charge is 0.357 e. The summed E-state index contributed by atoms with van der Waals surface area (Å²) in [4.78, 5) is 9.53. The van der Waals surface area contributed by atoms with Gasteiger partial charge in [-0.3, -0.25) is 4.99 Å². The van der Waals surface area contributed by atoms with Gasteiger partial charge in [0, 0.05) is 24.1 Å². The van der Waals surface area contributed by atoms with Crippen LogP contribution in [0.1, 0.15) is 56.4 Å². The number of aromatic nitrogens is 3. The average molecular weight is 447 g/mol. The molecule has 2 atom stereocenters. The van der Waals surface area contributed by atoms with Gasteiger partial charge in [0.05, 0.1) is 6.04 Å². The molecule has 0 spiro atoms. The lowest BCUT2D eigenvalue weighted by Gasteiger charge is -2.25. The van der Waals surface area contributed by atoms with Crippen LogP contribution >= 0.6 is 15.9 Å². The summed E-state index contributed by atoms with van der Waals surface area (Å²) < 4.78 is 3.16. The molecular formula is C21H31BrN6. The van der Waals surface area contributed by atoms with Crippen molar-refractivity contribution in [2.75, 3.05) is 13.1 Å². The van der Waals surface area contributed by atoms with E-state index in [4.69, 9.17) is 4.99 Å². The molecule has 2 N–H and O–H groups in total. The molecule has 2 heterocycles. The highest BCUT2D eigenvalue weighted by molar-refractivity contribution is 9.10. The van der Waals surface area contributed by atoms with Crippen molar-refractivity contribution in [1.29, 1.82) is 0 Å². The number of aryl methyl sites for hydroxylation is 2. The SMILES string of the molecule is CCNC(=NCC(CC)Cc1cccc(Br)c1)NC1CCCn2nc(C)nc21. The van der Waals surface area contributed by atoms with Gasteiger partial charge in [-0.1, -0.05) is 41.4 Å². The number of hydrogen-bond donors (Lipinski definition) is 2. The fourth-order valence-electron chi connectivity index (χ4n) is 3.65. The predicted molar refractivity (Wildman–Crippen MR) is 117 cm³/mol. The van der Waals surface area contributed by atoms with E-state index in [9.17, 15) is 0 Å². The molecule has 0 aliphatic carbocycles. The van der Waals surface area contributed by atoms with Crippen molar-refractivity contribution in [2.24, 2.45) is 10.9 Å². The number of rotatable bonds is 7. The van der Waals surface area contributed by atoms with Crippen LogP contribution in [0.15, 0.2) is 33.7 Å². The second-order valence-corrected chi connectivity index (χ2v) is 8.32. The van der Waals surface area contributed by atoms with Crippen molar-refractivity contribution >= 4 is 21.9 Å². The van der Waals surface area contributed by atoms with Crippen LogP contribution in [0.3, 0.4) is 0 Å². The lowest BCUT2D eigenvalue weighted by Crippen LogP contribution is -2.41. The number of nitrogens with one attached hydrogen (secondary N) is 2. The topological polar surface area (TPSA) is 67.1 Å². The molecule has 28 heavy (non-hydrogen) atoms. The van der Waals surface area contributed by atoms with Crippen molar-refractivity contribution < 1.29 is 0 Å². The highest BCUT2D eigenvalue weighted by atomic mass is 79.9. The summed E-state index contributed by atoms with van der Waals surface area (Å²) in [6.45, 7) is 8.89. The molecule has 6 nitrogen and oxygen atoms in total. The molecule has 1 aliphatic heterocycles. The maximum absolute atomic E-state index is 4.90. The maximum Gasteiger partial charge on any atom is 0.191 e. The Morgan fingerprint density at radius 2 is 2.25 bits per heavy atom. The third-order valence-corrected chi connectivity index (χ3v) is 5.63. The van der Waals surface area contributed by atoms with E-state index in [-0.39, 0.29) is 6.04 Å². The van der Waals surface area contributed by atoms with E-state index >= 15 is 0 Å². The summed E-state index contributed by atoms with van der Waals surface area (Å²) in [5.41, 5.74) is 1.35. The molecule has 1 aliphatic rings. The minimum absolute atomic E-state index is 0.165. The third-order valence-electron chi connectivity index (χ3n) is 5.13. The number of guanidine groups is 1. The Balaban J connectivity index is 1.66. The Bertz CT molecular complexity index is 800. The zero-order valence-electron chi connectivity index (χ0n) is 17.1. The second kappa shape index (κ2) is 10.0. The number of aliphatic imine (C=N–C) groups is 1. The van der Waals surface area contributed by atoms with Crippen molar-refractivity contribution in [1.82, 2.24) is 25.4 Å². The Morgan fingerprint density at radius 1 is 1.39 bits per heavy atom. The maximum atomic E-state index is 4.90. The average Bonchev–Trinajstić information content (AvgIpc) is 3.06. The fourth-order valence-corrected chi connectivity index (χ4v) is 4.09. The van der Waals surface area contributed by atoms with Gasteiger partial charge in [-0.05, 0) is 56.7 Å². The predicted octanol–water partition coefficient (Wildman–Crippen LogP) is 4.01. The van der Waals surface area contributed by atoms with E-state index in [1.165, 1.54) is 5.56 Å². The highest BCUT2D eigenvalue weighted by Crippen LogP contribution is 2.23. The smallest absolute Gasteiger partial charge is 0.191 e. The van der Waals surface area contributed by atoms with E-state index in [0.717, 1.165) is 67.4 Å². The van der Waals surface area contributed by atoms with Crippen molar-refractivity contribution in [3.8, 4) is 0 Å². The molecule has 7 heteroatoms. The van der Waals surface area contributed by atoms with Crippen LogP contribution < -0.4 is 10.6 Å². The highest BCUT2D eigenvalue weighted by Gasteiger charge is 2.24. The molecule has 2 aromatic rings. The molecule has 0 bridgehead atoms. The van der Waals surface area contributed by atoms with Gasteiger partial charge >= 0.3 is 0 Å². The summed E-state index contributed by atoms with van der Waals surface area (Å²) in [5.74, 6) is 3.25. The monoisotopic (exact) mass is 446 g/mol. The second-order valence-electron chi connectivity index (χ2n) is 7.41. The van der Waals surface area contributed by atoms with Gasteiger partial charge in [-0.25, -0.2) is 9.67 Å². The summed E-state index contributed by atoms with van der Waals surface area (Å²) in [5, 5.41) is 11.5. The Hall–Kier alpha value is -1.89. The number of benzene rings is 1. The van der Waals surface area contributed by atoms with Gasteiger partial charge in [0.15, 0.2) is 5.96 Å². The summed E-state index contributed by atoms with van der Waals surface area (Å²) in [6.07, 6.45) is 4.30. The van der Waals surface area contributed by atoms with Crippen LogP contribution in [0.4, 0.5) is 0 Å². The first-order valence-corrected chi connectivity index (χ1v) is 11.1. The molecule has 0 fully saturated rings. The normalized spacial score (nSPS) is 17.9. The summed E-state index contributed by atoms with van der Waals surface area (Å²) in [6, 6.07) is 8.73. The molecule has 3 rings (SSSR count). The summed E-state index contributed by atoms with van der Waals surface area (Å²) in [7, 11) is 0. The number of hydrogen-bond acceptors (Lipinski definition) is 3. The van der Waals surface area contributed by atoms with Gasteiger partial charge in [0.25, 0.3) is 0 Å². The van der Waals surface area contributed by atoms with Crippen LogP contribution in [0.25, 0.3) is 0 Å². The van der Waals surface area contributed by atoms with E-state index in [1.807, 2.05) is 11.6 Å². The van der Waals surface area contributed by atoms with Crippen LogP contribution in [0.2, 0.25) is 0 Å². The fraction of sp³-hybridized carbons (Fsp3) is 0.571. The Labute approximate surface area is 176 Å². The number of fused-ring (bicyclic) bond motifs is 1. The van der Waals surface area contributed by atoms with Gasteiger partial charge in [0.1, 0.15) is 11.6 Å². The van der Waals surface area contributed by atoms with Crippen LogP contribution in [0.5, 0.6) is 0 Å². The van der Waals surface area contributed by atoms with E-state index in [1.54, 1.807) is 0 Å². The molecule has 1 aromatic carbocycles. The first-order chi connectivity index (χ1) is 13.6. The molecule has 152 valence electrons. The zero-order chi connectivity index (χ0) is 19.9. The third kappa shape index (κ3) is 5.56. The quantitative estimate of drug-likeness (QED) is 0.497. The molecule has 0 saturated heterocycles. The van der Waals surface area contributed by atoms with Crippen LogP contribution in [0, 0.1) is 12.8 Å². The molecule has 0 saturated carbocycles. The zero-order valence-corrected chi connectivity index (χ0v) is 18.7. The lowest BCUT2D eigenvalue weighted by atomic mass is 9.97. The Morgan fingerprint density at radius 3 is 3.00 bits per heavy atom. The van der Waals surface area contributed by atoms with Crippen molar-refractivity contribution in [2.45, 2.75) is 59.0 Å². The minimum atomic E-state index is 0.165. The van der Waals surface area contributed by atoms with Gasteiger partial charge in [-0.2, -0.15) is 5.10 Å². The standard InChI is InChI=1S/C21H31BrN6/c1-4-16(12-17-8-6-9-18(22)13-17)14-24-21(23-5-2)26-19-10-7-11-28-20(19)25-15(3)27-28/h6,8-9,13,16,19H,4-5,7,10-12,14H2,1-3H3,(H2,23,24,26). The van der Waals surface area contributed by atoms with E-state index in [0.29, 0.717) is 5.92 Å². The number of halogens is 1. The first-order valence-electron chi connectivity index (χ1n) is 10.3. The summed E-state index contributed by atoms with van der Waals surface area (Å²) >= 11 is 3.57. The van der Waals surface area contributed by atoms with Crippen LogP contribution in [-0.4, -0.2) is 33.8 Å². The molecule has 0 amide bonds. The van der Waals surface area contributed by atoms with E-state index in [2.05, 4.69) is 74.8 Å². The van der Waals surface area contributed by atoms with Gasteiger partial charge < -0.3 is 10.6 Å². The molecular weight excluding hydrogens is 416 g/mol.